The van der Waals surface area contributed by atoms with Gasteiger partial charge in [0.05, 0.1) is 6.54 Å². The number of nitrogens with one attached hydrogen (secondary N) is 1. The Hall–Kier alpha value is -3.55. The van der Waals surface area contributed by atoms with E-state index in [2.05, 4.69) is 20.4 Å². The van der Waals surface area contributed by atoms with Crippen LogP contribution in [0.15, 0.2) is 53.3 Å². The third-order valence-electron chi connectivity index (χ3n) is 4.44. The van der Waals surface area contributed by atoms with Crippen molar-refractivity contribution in [1.82, 2.24) is 20.0 Å². The summed E-state index contributed by atoms with van der Waals surface area (Å²) in [6.45, 7) is 2.00. The van der Waals surface area contributed by atoms with Crippen LogP contribution < -0.4 is 5.32 Å². The van der Waals surface area contributed by atoms with E-state index in [1.807, 2.05) is 31.2 Å². The average molecular weight is 393 g/mol. The lowest BCUT2D eigenvalue weighted by Crippen LogP contribution is -2.35. The van der Waals surface area contributed by atoms with Gasteiger partial charge in [-0.2, -0.15) is 4.98 Å². The maximum Gasteiger partial charge on any atom is 0.243 e. The zero-order chi connectivity index (χ0) is 20.6. The van der Waals surface area contributed by atoms with Crippen molar-refractivity contribution < 1.29 is 14.1 Å². The second-order valence-corrected chi connectivity index (χ2v) is 6.56. The van der Waals surface area contributed by atoms with Crippen LogP contribution in [0.3, 0.4) is 0 Å². The molecule has 8 heteroatoms. The zero-order valence-corrected chi connectivity index (χ0v) is 16.5. The third-order valence-corrected chi connectivity index (χ3v) is 4.44. The van der Waals surface area contributed by atoms with Crippen molar-refractivity contribution in [2.45, 2.75) is 26.2 Å². The maximum atomic E-state index is 12.4. The van der Waals surface area contributed by atoms with Gasteiger partial charge in [0.2, 0.25) is 23.5 Å². The first kappa shape index (κ1) is 20.2. The van der Waals surface area contributed by atoms with E-state index in [4.69, 9.17) is 4.52 Å². The van der Waals surface area contributed by atoms with Crippen LogP contribution in [0.2, 0.25) is 0 Å². The number of para-hydroxylation sites is 1. The number of anilines is 1. The molecule has 0 unspecified atom stereocenters. The van der Waals surface area contributed by atoms with Crippen LogP contribution in [-0.2, 0) is 22.4 Å². The number of carbonyl (C=O) groups excluding carboxylic acids is 2. The number of benzene rings is 1. The Morgan fingerprint density at radius 1 is 1.14 bits per heavy atom. The predicted molar refractivity (Wildman–Crippen MR) is 108 cm³/mol. The van der Waals surface area contributed by atoms with Gasteiger partial charge in [0.1, 0.15) is 0 Å². The van der Waals surface area contributed by atoms with E-state index in [0.717, 1.165) is 23.2 Å². The first-order chi connectivity index (χ1) is 14.1. The van der Waals surface area contributed by atoms with Crippen LogP contribution in [0, 0.1) is 0 Å². The van der Waals surface area contributed by atoms with Gasteiger partial charge in [0.15, 0.2) is 0 Å². The number of hydrogen-bond acceptors (Lipinski definition) is 6. The SMILES string of the molecule is CCc1ccccc1NC(=O)CN(C)C(=O)CCc1nc(-c2ccncc2)no1. The Morgan fingerprint density at radius 3 is 2.66 bits per heavy atom. The fourth-order valence-corrected chi connectivity index (χ4v) is 2.82. The van der Waals surface area contributed by atoms with Crippen molar-refractivity contribution >= 4 is 17.5 Å². The summed E-state index contributed by atoms with van der Waals surface area (Å²) in [5, 5.41) is 6.78. The van der Waals surface area contributed by atoms with E-state index in [9.17, 15) is 9.59 Å². The highest BCUT2D eigenvalue weighted by atomic mass is 16.5. The molecule has 0 fully saturated rings. The summed E-state index contributed by atoms with van der Waals surface area (Å²) in [5.74, 6) is 0.421. The summed E-state index contributed by atoms with van der Waals surface area (Å²) in [7, 11) is 1.60. The topological polar surface area (TPSA) is 101 Å². The minimum absolute atomic E-state index is 0.0248. The van der Waals surface area contributed by atoms with Crippen molar-refractivity contribution in [3.8, 4) is 11.4 Å². The van der Waals surface area contributed by atoms with Gasteiger partial charge in [0, 0.05) is 43.5 Å². The molecule has 2 heterocycles. The molecule has 2 amide bonds. The van der Waals surface area contributed by atoms with Gasteiger partial charge in [0.25, 0.3) is 0 Å². The van der Waals surface area contributed by atoms with Crippen molar-refractivity contribution in [1.29, 1.82) is 0 Å². The largest absolute Gasteiger partial charge is 0.339 e. The molecule has 3 aromatic rings. The number of nitrogens with zero attached hydrogens (tertiary/aromatic N) is 4. The van der Waals surface area contributed by atoms with Crippen molar-refractivity contribution in [3.63, 3.8) is 0 Å². The van der Waals surface area contributed by atoms with Gasteiger partial charge >= 0.3 is 0 Å². The Morgan fingerprint density at radius 2 is 1.90 bits per heavy atom. The molecule has 150 valence electrons. The predicted octanol–water partition coefficient (Wildman–Crippen LogP) is 2.72. The number of aryl methyl sites for hydroxylation is 2. The molecule has 2 aromatic heterocycles. The molecule has 0 atom stereocenters. The molecule has 0 aliphatic carbocycles. The average Bonchev–Trinajstić information content (AvgIpc) is 3.22. The molecule has 0 aliphatic rings. The molecule has 0 radical (unpaired) electrons. The summed E-state index contributed by atoms with van der Waals surface area (Å²) in [6.07, 6.45) is 4.59. The molecule has 0 bridgehead atoms. The highest BCUT2D eigenvalue weighted by Crippen LogP contribution is 2.16. The number of amides is 2. The maximum absolute atomic E-state index is 12.4. The minimum Gasteiger partial charge on any atom is -0.339 e. The molecular formula is C21H23N5O3. The monoisotopic (exact) mass is 393 g/mol. The number of hydrogen-bond donors (Lipinski definition) is 1. The Kier molecular flexibility index (Phi) is 6.67. The minimum atomic E-state index is -0.237. The van der Waals surface area contributed by atoms with Crippen molar-refractivity contribution in [2.75, 3.05) is 18.9 Å². The fraction of sp³-hybridized carbons (Fsp3) is 0.286. The highest BCUT2D eigenvalue weighted by molar-refractivity contribution is 5.95. The molecule has 0 aliphatic heterocycles. The zero-order valence-electron chi connectivity index (χ0n) is 16.5. The Balaban J connectivity index is 1.49. The second kappa shape index (κ2) is 9.59. The fourth-order valence-electron chi connectivity index (χ4n) is 2.82. The highest BCUT2D eigenvalue weighted by Gasteiger charge is 2.16. The van der Waals surface area contributed by atoms with Gasteiger partial charge in [-0.1, -0.05) is 30.3 Å². The summed E-state index contributed by atoms with van der Waals surface area (Å²) < 4.78 is 5.20. The van der Waals surface area contributed by atoms with Gasteiger partial charge in [-0.3, -0.25) is 14.6 Å². The standard InChI is InChI=1S/C21H23N5O3/c1-3-15-6-4-5-7-17(15)23-18(27)14-26(2)20(28)9-8-19-24-21(25-29-19)16-10-12-22-13-11-16/h4-7,10-13H,3,8-9,14H2,1-2H3,(H,23,27). The van der Waals surface area contributed by atoms with E-state index in [0.29, 0.717) is 18.1 Å². The van der Waals surface area contributed by atoms with Crippen LogP contribution in [-0.4, -0.2) is 45.4 Å². The van der Waals surface area contributed by atoms with Crippen LogP contribution in [0.5, 0.6) is 0 Å². The van der Waals surface area contributed by atoms with E-state index in [-0.39, 0.29) is 24.8 Å². The summed E-state index contributed by atoms with van der Waals surface area (Å²) in [5.41, 5.74) is 2.62. The number of pyridine rings is 1. The lowest BCUT2D eigenvalue weighted by Gasteiger charge is -2.17. The third kappa shape index (κ3) is 5.47. The van der Waals surface area contributed by atoms with Crippen LogP contribution in [0.4, 0.5) is 5.69 Å². The van der Waals surface area contributed by atoms with E-state index < -0.39 is 0 Å². The molecular weight excluding hydrogens is 370 g/mol. The lowest BCUT2D eigenvalue weighted by molar-refractivity contribution is -0.133. The van der Waals surface area contributed by atoms with E-state index in [1.54, 1.807) is 31.6 Å². The number of carbonyl (C=O) groups is 2. The van der Waals surface area contributed by atoms with Crippen molar-refractivity contribution in [3.05, 3.63) is 60.2 Å². The molecule has 0 saturated carbocycles. The first-order valence-electron chi connectivity index (χ1n) is 9.41. The molecule has 8 nitrogen and oxygen atoms in total. The van der Waals surface area contributed by atoms with Gasteiger partial charge < -0.3 is 14.7 Å². The van der Waals surface area contributed by atoms with E-state index in [1.165, 1.54) is 4.90 Å². The summed E-state index contributed by atoms with van der Waals surface area (Å²) >= 11 is 0. The lowest BCUT2D eigenvalue weighted by atomic mass is 10.1. The van der Waals surface area contributed by atoms with Gasteiger partial charge in [-0.15, -0.1) is 0 Å². The first-order valence-corrected chi connectivity index (χ1v) is 9.41. The van der Waals surface area contributed by atoms with Crippen LogP contribution in [0.25, 0.3) is 11.4 Å². The number of likely N-dealkylation sites (N-methyl/N-ethyl adjacent to an activating group) is 1. The molecule has 1 aromatic carbocycles. The molecule has 0 spiro atoms. The van der Waals surface area contributed by atoms with Gasteiger partial charge in [-0.05, 0) is 30.2 Å². The normalized spacial score (nSPS) is 10.6. The van der Waals surface area contributed by atoms with Gasteiger partial charge in [-0.25, -0.2) is 0 Å². The molecule has 0 saturated heterocycles. The quantitative estimate of drug-likeness (QED) is 0.631. The second-order valence-electron chi connectivity index (χ2n) is 6.56. The Labute approximate surface area is 169 Å². The Bertz CT molecular complexity index is 971. The summed E-state index contributed by atoms with van der Waals surface area (Å²) in [4.78, 5) is 34.3. The van der Waals surface area contributed by atoms with Crippen LogP contribution in [0.1, 0.15) is 24.8 Å². The van der Waals surface area contributed by atoms with Crippen molar-refractivity contribution in [2.24, 2.45) is 0 Å². The molecule has 1 N–H and O–H groups in total. The van der Waals surface area contributed by atoms with Crippen LogP contribution >= 0.6 is 0 Å². The molecule has 29 heavy (non-hydrogen) atoms. The summed E-state index contributed by atoms with van der Waals surface area (Å²) in [6, 6.07) is 11.2. The number of aromatic nitrogens is 3. The smallest absolute Gasteiger partial charge is 0.243 e. The number of rotatable bonds is 8. The van der Waals surface area contributed by atoms with E-state index >= 15 is 0 Å². The molecule has 3 rings (SSSR count).